The minimum atomic E-state index is -0.725. The predicted molar refractivity (Wildman–Crippen MR) is 66.2 cm³/mol. The Morgan fingerprint density at radius 1 is 1.06 bits per heavy atom. The molecule has 0 saturated heterocycles. The molecule has 4 N–H and O–H groups in total. The molecule has 5 heteroatoms. The predicted octanol–water partition coefficient (Wildman–Crippen LogP) is 1.93. The molecule has 1 aliphatic rings. The van der Waals surface area contributed by atoms with E-state index in [1.807, 2.05) is 0 Å². The van der Waals surface area contributed by atoms with Crippen molar-refractivity contribution in [2.45, 2.75) is 58.5 Å². The number of carbonyl (C=O) groups is 2. The number of nitrogens with two attached hydrogens (primary N) is 2. The van der Waals surface area contributed by atoms with Crippen LogP contribution in [0.4, 0.5) is 4.79 Å². The van der Waals surface area contributed by atoms with E-state index >= 15 is 0 Å². The van der Waals surface area contributed by atoms with E-state index in [1.54, 1.807) is 20.8 Å². The van der Waals surface area contributed by atoms with Crippen molar-refractivity contribution in [3.05, 3.63) is 0 Å². The van der Waals surface area contributed by atoms with E-state index in [0.29, 0.717) is 0 Å². The molecular formula is C12H24N2O3. The van der Waals surface area contributed by atoms with Crippen LogP contribution in [0.25, 0.3) is 0 Å². The lowest BCUT2D eigenvalue weighted by Gasteiger charge is -2.17. The fraction of sp³-hybridized carbons (Fsp3) is 0.833. The minimum Gasteiger partial charge on any atom is -0.444 e. The molecule has 1 rings (SSSR count). The van der Waals surface area contributed by atoms with E-state index in [0.717, 1.165) is 12.8 Å². The van der Waals surface area contributed by atoms with Gasteiger partial charge in [0.2, 0.25) is 5.91 Å². The normalized spacial score (nSPS) is 16.6. The molecule has 100 valence electrons. The maximum absolute atomic E-state index is 10.6. The molecule has 0 bridgehead atoms. The molecule has 17 heavy (non-hydrogen) atoms. The second-order valence-corrected chi connectivity index (χ2v) is 5.27. The molecule has 0 radical (unpaired) electrons. The highest BCUT2D eigenvalue weighted by atomic mass is 16.6. The third-order valence-corrected chi connectivity index (χ3v) is 2.41. The summed E-state index contributed by atoms with van der Waals surface area (Å²) in [6.45, 7) is 5.28. The van der Waals surface area contributed by atoms with Gasteiger partial charge in [0.25, 0.3) is 0 Å². The van der Waals surface area contributed by atoms with Crippen molar-refractivity contribution in [2.75, 3.05) is 0 Å². The van der Waals surface area contributed by atoms with E-state index in [-0.39, 0.29) is 11.8 Å². The van der Waals surface area contributed by atoms with E-state index < -0.39 is 11.7 Å². The van der Waals surface area contributed by atoms with Crippen LogP contribution in [0.5, 0.6) is 0 Å². The number of amides is 2. The van der Waals surface area contributed by atoms with E-state index in [4.69, 9.17) is 11.5 Å². The van der Waals surface area contributed by atoms with Crippen molar-refractivity contribution in [2.24, 2.45) is 17.4 Å². The number of ether oxygens (including phenoxy) is 1. The first kappa shape index (κ1) is 15.7. The zero-order chi connectivity index (χ0) is 13.5. The van der Waals surface area contributed by atoms with Crippen molar-refractivity contribution in [1.29, 1.82) is 0 Å². The standard InChI is InChI=1S/C7H13NO.C5H11NO2/c8-7(9)6-4-2-1-3-5-6;1-5(2,3)8-4(6)7/h6H,1-5H2,(H2,8,9);1-3H3,(H2,6,7). The Bertz CT molecular complexity index is 253. The van der Waals surface area contributed by atoms with Crippen LogP contribution in [-0.2, 0) is 9.53 Å². The molecule has 1 saturated carbocycles. The van der Waals surface area contributed by atoms with Gasteiger partial charge in [-0.05, 0) is 33.6 Å². The van der Waals surface area contributed by atoms with Crippen molar-refractivity contribution < 1.29 is 14.3 Å². The SMILES string of the molecule is CC(C)(C)OC(N)=O.NC(=O)C1CCCCC1. The Kier molecular flexibility index (Phi) is 6.61. The first-order valence-electron chi connectivity index (χ1n) is 6.00. The van der Waals surface area contributed by atoms with Crippen LogP contribution < -0.4 is 11.5 Å². The summed E-state index contributed by atoms with van der Waals surface area (Å²) in [6.07, 6.45) is 4.98. The summed E-state index contributed by atoms with van der Waals surface area (Å²) < 4.78 is 4.58. The Hall–Kier alpha value is -1.26. The van der Waals surface area contributed by atoms with Gasteiger partial charge in [0.05, 0.1) is 0 Å². The summed E-state index contributed by atoms with van der Waals surface area (Å²) in [5, 5.41) is 0. The van der Waals surface area contributed by atoms with Gasteiger partial charge in [-0.15, -0.1) is 0 Å². The topological polar surface area (TPSA) is 95.4 Å². The molecule has 0 spiro atoms. The van der Waals surface area contributed by atoms with Crippen LogP contribution in [-0.4, -0.2) is 17.6 Å². The summed E-state index contributed by atoms with van der Waals surface area (Å²) >= 11 is 0. The molecule has 0 aromatic rings. The van der Waals surface area contributed by atoms with Gasteiger partial charge in [-0.3, -0.25) is 4.79 Å². The van der Waals surface area contributed by atoms with Crippen LogP contribution in [0, 0.1) is 5.92 Å². The Balaban J connectivity index is 0.000000304. The number of hydrogen-bond acceptors (Lipinski definition) is 3. The van der Waals surface area contributed by atoms with Gasteiger partial charge in [0, 0.05) is 5.92 Å². The van der Waals surface area contributed by atoms with E-state index in [1.165, 1.54) is 19.3 Å². The van der Waals surface area contributed by atoms with Gasteiger partial charge in [-0.1, -0.05) is 19.3 Å². The van der Waals surface area contributed by atoms with Crippen LogP contribution >= 0.6 is 0 Å². The third-order valence-electron chi connectivity index (χ3n) is 2.41. The average Bonchev–Trinajstić information content (AvgIpc) is 2.16. The third kappa shape index (κ3) is 9.66. The highest BCUT2D eigenvalue weighted by molar-refractivity contribution is 5.76. The molecule has 2 amide bonds. The molecule has 0 aromatic carbocycles. The first-order chi connectivity index (χ1) is 7.72. The summed E-state index contributed by atoms with van der Waals surface area (Å²) in [7, 11) is 0. The van der Waals surface area contributed by atoms with Gasteiger partial charge in [-0.2, -0.15) is 0 Å². The fourth-order valence-corrected chi connectivity index (χ4v) is 1.69. The highest BCUT2D eigenvalue weighted by Gasteiger charge is 2.17. The van der Waals surface area contributed by atoms with Gasteiger partial charge >= 0.3 is 6.09 Å². The Morgan fingerprint density at radius 2 is 1.53 bits per heavy atom. The second-order valence-electron chi connectivity index (χ2n) is 5.27. The second kappa shape index (κ2) is 7.14. The lowest BCUT2D eigenvalue weighted by atomic mass is 9.89. The van der Waals surface area contributed by atoms with E-state index in [2.05, 4.69) is 4.74 Å². The van der Waals surface area contributed by atoms with Crippen LogP contribution in [0.3, 0.4) is 0 Å². The molecule has 0 aliphatic heterocycles. The molecule has 1 fully saturated rings. The highest BCUT2D eigenvalue weighted by Crippen LogP contribution is 2.22. The lowest BCUT2D eigenvalue weighted by Crippen LogP contribution is -2.27. The maximum Gasteiger partial charge on any atom is 0.405 e. The Labute approximate surface area is 103 Å². The largest absolute Gasteiger partial charge is 0.444 e. The minimum absolute atomic E-state index is 0.102. The first-order valence-corrected chi connectivity index (χ1v) is 6.00. The summed E-state index contributed by atoms with van der Waals surface area (Å²) in [6, 6.07) is 0. The van der Waals surface area contributed by atoms with Crippen LogP contribution in [0.15, 0.2) is 0 Å². The maximum atomic E-state index is 10.6. The van der Waals surface area contributed by atoms with Crippen molar-refractivity contribution in [3.63, 3.8) is 0 Å². The van der Waals surface area contributed by atoms with Gasteiger partial charge in [0.15, 0.2) is 0 Å². The smallest absolute Gasteiger partial charge is 0.405 e. The fourth-order valence-electron chi connectivity index (χ4n) is 1.69. The number of carbonyl (C=O) groups excluding carboxylic acids is 2. The molecule has 0 heterocycles. The van der Waals surface area contributed by atoms with Gasteiger partial charge in [-0.25, -0.2) is 4.79 Å². The molecule has 0 aromatic heterocycles. The number of hydrogen-bond donors (Lipinski definition) is 2. The summed E-state index contributed by atoms with van der Waals surface area (Å²) in [4.78, 5) is 20.6. The van der Waals surface area contributed by atoms with E-state index in [9.17, 15) is 9.59 Å². The molecule has 0 atom stereocenters. The lowest BCUT2D eigenvalue weighted by molar-refractivity contribution is -0.122. The molecular weight excluding hydrogens is 220 g/mol. The summed E-state index contributed by atoms with van der Waals surface area (Å²) in [5.41, 5.74) is 9.39. The zero-order valence-corrected chi connectivity index (χ0v) is 11.0. The van der Waals surface area contributed by atoms with Crippen LogP contribution in [0.1, 0.15) is 52.9 Å². The Morgan fingerprint density at radius 3 is 1.71 bits per heavy atom. The molecule has 0 unspecified atom stereocenters. The molecule has 1 aliphatic carbocycles. The molecule has 5 nitrogen and oxygen atoms in total. The monoisotopic (exact) mass is 244 g/mol. The number of rotatable bonds is 1. The van der Waals surface area contributed by atoms with Gasteiger partial charge < -0.3 is 16.2 Å². The van der Waals surface area contributed by atoms with Crippen LogP contribution in [0.2, 0.25) is 0 Å². The van der Waals surface area contributed by atoms with Gasteiger partial charge in [0.1, 0.15) is 5.60 Å². The quantitative estimate of drug-likeness (QED) is 0.737. The average molecular weight is 244 g/mol. The zero-order valence-electron chi connectivity index (χ0n) is 11.0. The van der Waals surface area contributed by atoms with Crippen molar-refractivity contribution >= 4 is 12.0 Å². The van der Waals surface area contributed by atoms with Crippen molar-refractivity contribution in [1.82, 2.24) is 0 Å². The number of primary amides is 2. The summed E-state index contributed by atoms with van der Waals surface area (Å²) in [5.74, 6) is 0.0912. The van der Waals surface area contributed by atoms with Crippen molar-refractivity contribution in [3.8, 4) is 0 Å².